The number of piperazine rings is 1. The first-order valence-corrected chi connectivity index (χ1v) is 13.5. The summed E-state index contributed by atoms with van der Waals surface area (Å²) in [6, 6.07) is 8.23. The molecule has 230 valence electrons. The molecule has 1 saturated heterocycles. The topological polar surface area (TPSA) is 134 Å². The van der Waals surface area contributed by atoms with Crippen LogP contribution in [0.3, 0.4) is 0 Å². The zero-order valence-electron chi connectivity index (χ0n) is 24.6. The molecule has 1 amide bonds. The summed E-state index contributed by atoms with van der Waals surface area (Å²) in [7, 11) is 2.15. The van der Waals surface area contributed by atoms with E-state index in [0.717, 1.165) is 59.9 Å². The number of hydrogen-bond acceptors (Lipinski definition) is 8. The number of halogens is 3. The molecule has 0 aliphatic carbocycles. The summed E-state index contributed by atoms with van der Waals surface area (Å²) < 4.78 is 35.3. The number of amides is 1. The fraction of sp³-hybridized carbons (Fsp3) is 0.429. The van der Waals surface area contributed by atoms with E-state index in [2.05, 4.69) is 56.6 Å². The quantitative estimate of drug-likeness (QED) is 0.353. The maximum atomic E-state index is 12.6. The Morgan fingerprint density at radius 3 is 2.30 bits per heavy atom. The Labute approximate surface area is 246 Å². The predicted octanol–water partition coefficient (Wildman–Crippen LogP) is 3.37. The summed E-state index contributed by atoms with van der Waals surface area (Å²) in [6.45, 7) is 12.4. The monoisotopic (exact) mass is 601 g/mol. The predicted molar refractivity (Wildman–Crippen MR) is 153 cm³/mol. The fourth-order valence-electron chi connectivity index (χ4n) is 4.32. The molecule has 1 aromatic carbocycles. The number of nitrogens with one attached hydrogen (secondary N) is 1. The summed E-state index contributed by atoms with van der Waals surface area (Å²) in [6.07, 6.45) is 0.415. The second-order valence-electron chi connectivity index (χ2n) is 11.2. The normalized spacial score (nSPS) is 14.4. The van der Waals surface area contributed by atoms with Gasteiger partial charge in [0.25, 0.3) is 5.91 Å². The van der Waals surface area contributed by atoms with E-state index in [0.29, 0.717) is 12.2 Å². The summed E-state index contributed by atoms with van der Waals surface area (Å²) in [5, 5.41) is 22.7. The van der Waals surface area contributed by atoms with Crippen molar-refractivity contribution in [1.82, 2.24) is 39.8 Å². The lowest BCUT2D eigenvalue weighted by molar-refractivity contribution is -0.192. The number of carbonyl (C=O) groups is 2. The highest BCUT2D eigenvalue weighted by atomic mass is 19.4. The second kappa shape index (κ2) is 12.4. The number of nitrogens with zero attached hydrogens (tertiary/aromatic N) is 8. The molecule has 3 aromatic heterocycles. The molecular formula is C28H34F3N9O3. The molecule has 0 atom stereocenters. The van der Waals surface area contributed by atoms with E-state index >= 15 is 0 Å². The molecule has 0 radical (unpaired) electrons. The van der Waals surface area contributed by atoms with Crippen molar-refractivity contribution in [2.75, 3.05) is 38.1 Å². The number of alkyl halides is 3. The Kier molecular flexibility index (Phi) is 9.04. The Hall–Kier alpha value is -4.53. The van der Waals surface area contributed by atoms with Crippen molar-refractivity contribution in [2.24, 2.45) is 0 Å². The van der Waals surface area contributed by atoms with Gasteiger partial charge < -0.3 is 20.2 Å². The summed E-state index contributed by atoms with van der Waals surface area (Å²) in [4.78, 5) is 31.2. The summed E-state index contributed by atoms with van der Waals surface area (Å²) >= 11 is 0. The molecular weight excluding hydrogens is 567 g/mol. The van der Waals surface area contributed by atoms with Crippen LogP contribution in [0.15, 0.2) is 42.9 Å². The minimum absolute atomic E-state index is 0.228. The van der Waals surface area contributed by atoms with Crippen molar-refractivity contribution in [3.05, 3.63) is 59.7 Å². The molecule has 0 saturated carbocycles. The molecule has 1 aliphatic heterocycles. The number of anilines is 1. The molecule has 1 aliphatic rings. The first-order chi connectivity index (χ1) is 20.1. The highest BCUT2D eigenvalue weighted by Gasteiger charge is 2.38. The molecule has 0 bridgehead atoms. The van der Waals surface area contributed by atoms with Crippen molar-refractivity contribution in [3.63, 3.8) is 0 Å². The number of benzene rings is 1. The molecule has 4 aromatic rings. The third-order valence-electron chi connectivity index (χ3n) is 6.92. The van der Waals surface area contributed by atoms with Gasteiger partial charge in [0.2, 0.25) is 0 Å². The number of carboxylic acid groups (broad SMARTS) is 1. The standard InChI is InChI=1S/C26H33N9O.C2HF3O2/c1-18-14-19(6-7-20(18)15-27-25(36)21-16-35(31-30-21)26(2,3)4)24-22-8-9-28-34(22)17-23(29-24)33-12-10-32(5)11-13-33;3-2(4,5)1(6)7/h6-9,14,16-17H,10-13,15H2,1-5H3,(H,27,36);(H,6,7). The minimum atomic E-state index is -5.08. The van der Waals surface area contributed by atoms with E-state index in [-0.39, 0.29) is 11.4 Å². The van der Waals surface area contributed by atoms with Crippen LogP contribution in [-0.2, 0) is 16.9 Å². The Morgan fingerprint density at radius 1 is 1.05 bits per heavy atom. The molecule has 0 spiro atoms. The molecule has 12 nitrogen and oxygen atoms in total. The van der Waals surface area contributed by atoms with Crippen LogP contribution < -0.4 is 10.2 Å². The highest BCUT2D eigenvalue weighted by molar-refractivity contribution is 5.91. The van der Waals surface area contributed by atoms with E-state index in [1.54, 1.807) is 17.1 Å². The van der Waals surface area contributed by atoms with Gasteiger partial charge in [-0.1, -0.05) is 17.3 Å². The van der Waals surface area contributed by atoms with Gasteiger partial charge in [-0.2, -0.15) is 18.3 Å². The van der Waals surface area contributed by atoms with E-state index in [1.165, 1.54) is 0 Å². The third kappa shape index (κ3) is 7.66. The van der Waals surface area contributed by atoms with Gasteiger partial charge in [0.1, 0.15) is 5.82 Å². The van der Waals surface area contributed by atoms with Crippen molar-refractivity contribution in [1.29, 1.82) is 0 Å². The van der Waals surface area contributed by atoms with Crippen LogP contribution in [0.1, 0.15) is 42.4 Å². The van der Waals surface area contributed by atoms with Crippen molar-refractivity contribution in [3.8, 4) is 11.3 Å². The number of carboxylic acids is 1. The van der Waals surface area contributed by atoms with Gasteiger partial charge in [0.05, 0.1) is 35.3 Å². The lowest BCUT2D eigenvalue weighted by atomic mass is 10.0. The van der Waals surface area contributed by atoms with Gasteiger partial charge >= 0.3 is 12.1 Å². The lowest BCUT2D eigenvalue weighted by Gasteiger charge is -2.33. The van der Waals surface area contributed by atoms with Crippen LogP contribution in [0, 0.1) is 6.92 Å². The van der Waals surface area contributed by atoms with Crippen LogP contribution in [0.25, 0.3) is 16.8 Å². The van der Waals surface area contributed by atoms with Crippen LogP contribution in [0.4, 0.5) is 19.0 Å². The van der Waals surface area contributed by atoms with E-state index in [4.69, 9.17) is 14.9 Å². The number of aromatic nitrogens is 6. The third-order valence-corrected chi connectivity index (χ3v) is 6.92. The number of fused-ring (bicyclic) bond motifs is 1. The Balaban J connectivity index is 0.000000541. The maximum Gasteiger partial charge on any atom is 0.490 e. The van der Waals surface area contributed by atoms with Gasteiger partial charge in [0, 0.05) is 38.3 Å². The van der Waals surface area contributed by atoms with Crippen LogP contribution in [0.2, 0.25) is 0 Å². The van der Waals surface area contributed by atoms with Crippen LogP contribution in [0.5, 0.6) is 0 Å². The number of aliphatic carboxylic acids is 1. The van der Waals surface area contributed by atoms with E-state index in [9.17, 15) is 18.0 Å². The molecule has 2 N–H and O–H groups in total. The van der Waals surface area contributed by atoms with Gasteiger partial charge in [-0.3, -0.25) is 4.79 Å². The molecule has 5 rings (SSSR count). The molecule has 4 heterocycles. The number of hydrogen-bond donors (Lipinski definition) is 2. The molecule has 1 fully saturated rings. The summed E-state index contributed by atoms with van der Waals surface area (Å²) in [5.74, 6) is -2.06. The van der Waals surface area contributed by atoms with E-state index in [1.807, 2.05) is 43.6 Å². The number of carbonyl (C=O) groups excluding carboxylic acids is 1. The Bertz CT molecular complexity index is 1600. The van der Waals surface area contributed by atoms with Gasteiger partial charge in [-0.25, -0.2) is 19.0 Å². The van der Waals surface area contributed by atoms with E-state index < -0.39 is 12.1 Å². The number of rotatable bonds is 5. The summed E-state index contributed by atoms with van der Waals surface area (Å²) in [5.41, 5.74) is 5.10. The minimum Gasteiger partial charge on any atom is -0.475 e. The molecule has 43 heavy (non-hydrogen) atoms. The van der Waals surface area contributed by atoms with Gasteiger partial charge in [0.15, 0.2) is 5.69 Å². The van der Waals surface area contributed by atoms with Crippen LogP contribution in [-0.4, -0.2) is 90.9 Å². The lowest BCUT2D eigenvalue weighted by Crippen LogP contribution is -2.44. The SMILES string of the molecule is Cc1cc(-c2nc(N3CCN(C)CC3)cn3nccc23)ccc1CNC(=O)c1cn(C(C)(C)C)nn1.O=C(O)C(F)(F)F. The average Bonchev–Trinajstić information content (AvgIpc) is 3.62. The highest BCUT2D eigenvalue weighted by Crippen LogP contribution is 2.28. The van der Waals surface area contributed by atoms with Crippen LogP contribution >= 0.6 is 0 Å². The first-order valence-electron chi connectivity index (χ1n) is 13.5. The number of likely N-dealkylation sites (N-methyl/N-ethyl adjacent to an activating group) is 1. The smallest absolute Gasteiger partial charge is 0.475 e. The van der Waals surface area contributed by atoms with Gasteiger partial charge in [-0.05, 0) is 58.0 Å². The maximum absolute atomic E-state index is 12.6. The molecule has 0 unspecified atom stereocenters. The average molecular weight is 602 g/mol. The van der Waals surface area contributed by atoms with Gasteiger partial charge in [-0.15, -0.1) is 5.10 Å². The fourth-order valence-corrected chi connectivity index (χ4v) is 4.32. The Morgan fingerprint density at radius 2 is 1.72 bits per heavy atom. The molecule has 15 heteroatoms. The zero-order valence-corrected chi connectivity index (χ0v) is 24.6. The second-order valence-corrected chi connectivity index (χ2v) is 11.2. The van der Waals surface area contributed by atoms with Crippen molar-refractivity contribution in [2.45, 2.75) is 46.0 Å². The zero-order chi connectivity index (χ0) is 31.5. The van der Waals surface area contributed by atoms with Crippen molar-refractivity contribution >= 4 is 23.2 Å². The first kappa shape index (κ1) is 31.4. The van der Waals surface area contributed by atoms with Crippen molar-refractivity contribution < 1.29 is 27.9 Å². The largest absolute Gasteiger partial charge is 0.490 e. The number of aryl methyl sites for hydroxylation is 1.